The molecule has 2 aromatic rings. The van der Waals surface area contributed by atoms with Crippen LogP contribution in [0.3, 0.4) is 0 Å². The minimum absolute atomic E-state index is 0.00450. The molecule has 0 bridgehead atoms. The second kappa shape index (κ2) is 8.72. The molecule has 5 nitrogen and oxygen atoms in total. The predicted molar refractivity (Wildman–Crippen MR) is 101 cm³/mol. The van der Waals surface area contributed by atoms with Crippen molar-refractivity contribution < 1.29 is 19.4 Å². The second-order valence-electron chi connectivity index (χ2n) is 6.18. The van der Waals surface area contributed by atoms with Crippen molar-refractivity contribution in [2.45, 2.75) is 20.3 Å². The van der Waals surface area contributed by atoms with Crippen molar-refractivity contribution in [1.29, 1.82) is 0 Å². The number of para-hydroxylation sites is 1. The normalized spacial score (nSPS) is 11.7. The number of amides is 1. The number of nitrogens with one attached hydrogen (secondary N) is 1. The number of benzene rings is 2. The number of ether oxygens (including phenoxy) is 1. The van der Waals surface area contributed by atoms with Crippen molar-refractivity contribution in [3.05, 3.63) is 63.7 Å². The molecule has 26 heavy (non-hydrogen) atoms. The maximum atomic E-state index is 12.4. The number of methoxy groups -OCH3 is 1. The molecule has 138 valence electrons. The van der Waals surface area contributed by atoms with Crippen LogP contribution in [0.2, 0.25) is 5.02 Å². The van der Waals surface area contributed by atoms with Gasteiger partial charge in [-0.05, 0) is 55.2 Å². The van der Waals surface area contributed by atoms with Gasteiger partial charge in [-0.25, -0.2) is 0 Å². The molecule has 2 rings (SSSR count). The SMILES string of the molecule is COc1ccccc1CC(CNC(=O)c1cc(C)c(C)cc1Cl)C(=O)O. The number of carboxylic acid groups (broad SMARTS) is 1. The van der Waals surface area contributed by atoms with Gasteiger partial charge in [-0.3, -0.25) is 9.59 Å². The number of carboxylic acids is 1. The van der Waals surface area contributed by atoms with Crippen molar-refractivity contribution in [2.75, 3.05) is 13.7 Å². The Morgan fingerprint density at radius 1 is 1.19 bits per heavy atom. The van der Waals surface area contributed by atoms with E-state index in [1.54, 1.807) is 18.2 Å². The fraction of sp³-hybridized carbons (Fsp3) is 0.300. The Labute approximate surface area is 157 Å². The summed E-state index contributed by atoms with van der Waals surface area (Å²) in [6, 6.07) is 10.7. The summed E-state index contributed by atoms with van der Waals surface area (Å²) >= 11 is 6.15. The molecule has 2 N–H and O–H groups in total. The molecule has 0 aromatic heterocycles. The molecular formula is C20H22ClNO4. The topological polar surface area (TPSA) is 75.6 Å². The van der Waals surface area contributed by atoms with Crippen LogP contribution >= 0.6 is 11.6 Å². The maximum Gasteiger partial charge on any atom is 0.308 e. The first-order valence-corrected chi connectivity index (χ1v) is 8.61. The largest absolute Gasteiger partial charge is 0.496 e. The van der Waals surface area contributed by atoms with Gasteiger partial charge in [0, 0.05) is 6.54 Å². The van der Waals surface area contributed by atoms with Crippen LogP contribution in [-0.4, -0.2) is 30.6 Å². The highest BCUT2D eigenvalue weighted by Gasteiger charge is 2.22. The minimum Gasteiger partial charge on any atom is -0.496 e. The van der Waals surface area contributed by atoms with Gasteiger partial charge in [0.1, 0.15) is 5.75 Å². The van der Waals surface area contributed by atoms with Crippen molar-refractivity contribution in [1.82, 2.24) is 5.32 Å². The van der Waals surface area contributed by atoms with Crippen molar-refractivity contribution in [3.63, 3.8) is 0 Å². The van der Waals surface area contributed by atoms with E-state index in [9.17, 15) is 14.7 Å². The molecular weight excluding hydrogens is 354 g/mol. The van der Waals surface area contributed by atoms with Crippen molar-refractivity contribution in [2.24, 2.45) is 5.92 Å². The molecule has 0 radical (unpaired) electrons. The molecule has 1 amide bonds. The average Bonchev–Trinajstić information content (AvgIpc) is 2.61. The monoisotopic (exact) mass is 375 g/mol. The van der Waals surface area contributed by atoms with Gasteiger partial charge in [-0.1, -0.05) is 29.8 Å². The molecule has 0 aliphatic carbocycles. The zero-order valence-electron chi connectivity index (χ0n) is 15.0. The zero-order valence-corrected chi connectivity index (χ0v) is 15.8. The number of hydrogen-bond donors (Lipinski definition) is 2. The van der Waals surface area contributed by atoms with E-state index < -0.39 is 11.9 Å². The summed E-state index contributed by atoms with van der Waals surface area (Å²) in [5, 5.41) is 12.5. The molecule has 6 heteroatoms. The van der Waals surface area contributed by atoms with Gasteiger partial charge < -0.3 is 15.2 Å². The van der Waals surface area contributed by atoms with E-state index in [1.165, 1.54) is 7.11 Å². The summed E-state index contributed by atoms with van der Waals surface area (Å²) < 4.78 is 5.26. The molecule has 0 fully saturated rings. The minimum atomic E-state index is -0.984. The van der Waals surface area contributed by atoms with Gasteiger partial charge >= 0.3 is 5.97 Å². The van der Waals surface area contributed by atoms with Gasteiger partial charge in [-0.2, -0.15) is 0 Å². The van der Waals surface area contributed by atoms with Crippen LogP contribution in [-0.2, 0) is 11.2 Å². The standard InChI is InChI=1S/C20H22ClNO4/c1-12-8-16(17(21)9-13(12)2)19(23)22-11-15(20(24)25)10-14-6-4-5-7-18(14)26-3/h4-9,15H,10-11H2,1-3H3,(H,22,23)(H,24,25). The van der Waals surface area contributed by atoms with Crippen LogP contribution in [0.1, 0.15) is 27.0 Å². The van der Waals surface area contributed by atoms with Gasteiger partial charge in [-0.15, -0.1) is 0 Å². The van der Waals surface area contributed by atoms with E-state index in [4.69, 9.17) is 16.3 Å². The smallest absolute Gasteiger partial charge is 0.308 e. The lowest BCUT2D eigenvalue weighted by Crippen LogP contribution is -2.34. The maximum absolute atomic E-state index is 12.4. The van der Waals surface area contributed by atoms with E-state index in [-0.39, 0.29) is 18.9 Å². The third-order valence-electron chi connectivity index (χ3n) is 4.35. The summed E-state index contributed by atoms with van der Waals surface area (Å²) in [6.45, 7) is 3.80. The fourth-order valence-corrected chi connectivity index (χ4v) is 2.95. The van der Waals surface area contributed by atoms with E-state index in [1.807, 2.05) is 32.0 Å². The number of carbonyl (C=O) groups is 2. The van der Waals surface area contributed by atoms with Crippen LogP contribution in [0.4, 0.5) is 0 Å². The molecule has 2 aromatic carbocycles. The summed E-state index contributed by atoms with van der Waals surface area (Å²) in [7, 11) is 1.54. The quantitative estimate of drug-likeness (QED) is 0.774. The lowest BCUT2D eigenvalue weighted by Gasteiger charge is -2.16. The third-order valence-corrected chi connectivity index (χ3v) is 4.66. The molecule has 1 unspecified atom stereocenters. The lowest BCUT2D eigenvalue weighted by molar-refractivity contribution is -0.141. The Kier molecular flexibility index (Phi) is 6.64. The highest BCUT2D eigenvalue weighted by molar-refractivity contribution is 6.34. The number of aliphatic carboxylic acids is 1. The first kappa shape index (κ1) is 19.8. The second-order valence-corrected chi connectivity index (χ2v) is 6.58. The first-order valence-electron chi connectivity index (χ1n) is 8.23. The fourth-order valence-electron chi connectivity index (χ4n) is 2.65. The predicted octanol–water partition coefficient (Wildman–Crippen LogP) is 3.64. The first-order chi connectivity index (χ1) is 12.3. The van der Waals surface area contributed by atoms with Gasteiger partial charge in [0.15, 0.2) is 0 Å². The number of aryl methyl sites for hydroxylation is 2. The van der Waals surface area contributed by atoms with E-state index in [0.29, 0.717) is 16.3 Å². The van der Waals surface area contributed by atoms with Crippen LogP contribution < -0.4 is 10.1 Å². The Hall–Kier alpha value is -2.53. The van der Waals surface area contributed by atoms with E-state index in [0.717, 1.165) is 16.7 Å². The van der Waals surface area contributed by atoms with Gasteiger partial charge in [0.25, 0.3) is 5.91 Å². The summed E-state index contributed by atoms with van der Waals surface area (Å²) in [4.78, 5) is 24.0. The Morgan fingerprint density at radius 3 is 2.50 bits per heavy atom. The molecule has 0 heterocycles. The number of hydrogen-bond acceptors (Lipinski definition) is 3. The van der Waals surface area contributed by atoms with Crippen LogP contribution in [0.25, 0.3) is 0 Å². The van der Waals surface area contributed by atoms with E-state index >= 15 is 0 Å². The molecule has 1 atom stereocenters. The van der Waals surface area contributed by atoms with Gasteiger partial charge in [0.05, 0.1) is 23.6 Å². The number of rotatable bonds is 7. The molecule has 0 saturated heterocycles. The Bertz CT molecular complexity index is 819. The summed E-state index contributed by atoms with van der Waals surface area (Å²) in [6.07, 6.45) is 0.250. The average molecular weight is 376 g/mol. The highest BCUT2D eigenvalue weighted by atomic mass is 35.5. The number of halogens is 1. The van der Waals surface area contributed by atoms with Gasteiger partial charge in [0.2, 0.25) is 0 Å². The van der Waals surface area contributed by atoms with E-state index in [2.05, 4.69) is 5.32 Å². The van der Waals surface area contributed by atoms with Crippen LogP contribution in [0, 0.1) is 19.8 Å². The third kappa shape index (κ3) is 4.76. The van der Waals surface area contributed by atoms with Crippen molar-refractivity contribution in [3.8, 4) is 5.75 Å². The number of carbonyl (C=O) groups excluding carboxylic acids is 1. The van der Waals surface area contributed by atoms with Crippen molar-refractivity contribution >= 4 is 23.5 Å². The lowest BCUT2D eigenvalue weighted by atomic mass is 9.98. The zero-order chi connectivity index (χ0) is 19.3. The molecule has 0 aliphatic heterocycles. The summed E-state index contributed by atoms with van der Waals surface area (Å²) in [5.74, 6) is -1.52. The van der Waals surface area contributed by atoms with Crippen LogP contribution in [0.5, 0.6) is 5.75 Å². The molecule has 0 spiro atoms. The summed E-state index contributed by atoms with van der Waals surface area (Å²) in [5.41, 5.74) is 3.06. The highest BCUT2D eigenvalue weighted by Crippen LogP contribution is 2.22. The Morgan fingerprint density at radius 2 is 1.85 bits per heavy atom. The molecule has 0 aliphatic rings. The van der Waals surface area contributed by atoms with Crippen LogP contribution in [0.15, 0.2) is 36.4 Å². The molecule has 0 saturated carbocycles. The Balaban J connectivity index is 2.10.